The molecule has 29 heavy (non-hydrogen) atoms. The van der Waals surface area contributed by atoms with Crippen LogP contribution >= 0.6 is 0 Å². The molecular formula is C22H28N2O4S. The maximum atomic E-state index is 12.9. The standard InChI is InChI=1S/C22H28N2O4S/c1-4-29(26,27)24-15-19-8-6-5-7-18(19)13-21(24)22(25)23-14-17-9-11-20(12-10-17)28-16(2)3/h5-12,16,21H,4,13-15H2,1-3H3,(H,23,25)/t21-/m1/s1. The average Bonchev–Trinajstić information content (AvgIpc) is 2.71. The molecule has 0 aromatic heterocycles. The van der Waals surface area contributed by atoms with E-state index in [1.165, 1.54) is 4.31 Å². The van der Waals surface area contributed by atoms with Crippen LogP contribution in [0.15, 0.2) is 48.5 Å². The summed E-state index contributed by atoms with van der Waals surface area (Å²) in [6.07, 6.45) is 0.476. The smallest absolute Gasteiger partial charge is 0.239 e. The predicted molar refractivity (Wildman–Crippen MR) is 113 cm³/mol. The number of amides is 1. The summed E-state index contributed by atoms with van der Waals surface area (Å²) in [5, 5.41) is 2.90. The topological polar surface area (TPSA) is 75.7 Å². The number of nitrogens with one attached hydrogen (secondary N) is 1. The number of hydrogen-bond acceptors (Lipinski definition) is 4. The monoisotopic (exact) mass is 416 g/mol. The van der Waals surface area contributed by atoms with Gasteiger partial charge in [0.15, 0.2) is 0 Å². The van der Waals surface area contributed by atoms with Crippen molar-refractivity contribution in [2.24, 2.45) is 0 Å². The molecule has 0 spiro atoms. The molecule has 0 radical (unpaired) electrons. The molecule has 1 aliphatic rings. The Morgan fingerprint density at radius 2 is 1.79 bits per heavy atom. The fourth-order valence-corrected chi connectivity index (χ4v) is 4.67. The number of fused-ring (bicyclic) bond motifs is 1. The van der Waals surface area contributed by atoms with E-state index in [-0.39, 0.29) is 24.3 Å². The molecule has 0 saturated heterocycles. The molecule has 0 aliphatic carbocycles. The van der Waals surface area contributed by atoms with Crippen molar-refractivity contribution >= 4 is 15.9 Å². The molecular weight excluding hydrogens is 388 g/mol. The summed E-state index contributed by atoms with van der Waals surface area (Å²) in [5.41, 5.74) is 2.90. The van der Waals surface area contributed by atoms with Gasteiger partial charge in [-0.3, -0.25) is 4.79 Å². The minimum atomic E-state index is -3.50. The van der Waals surface area contributed by atoms with Gasteiger partial charge in [0, 0.05) is 13.1 Å². The van der Waals surface area contributed by atoms with Crippen LogP contribution < -0.4 is 10.1 Å². The normalized spacial score (nSPS) is 17.0. The fraction of sp³-hybridized carbons (Fsp3) is 0.409. The Labute approximate surface area is 172 Å². The van der Waals surface area contributed by atoms with Gasteiger partial charge in [-0.25, -0.2) is 8.42 Å². The van der Waals surface area contributed by atoms with Crippen LogP contribution in [0.25, 0.3) is 0 Å². The highest BCUT2D eigenvalue weighted by atomic mass is 32.2. The van der Waals surface area contributed by atoms with Crippen LogP contribution in [0.5, 0.6) is 5.75 Å². The van der Waals surface area contributed by atoms with Gasteiger partial charge in [-0.1, -0.05) is 36.4 Å². The van der Waals surface area contributed by atoms with Crippen LogP contribution in [0.4, 0.5) is 0 Å². The summed E-state index contributed by atoms with van der Waals surface area (Å²) in [6, 6.07) is 14.5. The summed E-state index contributed by atoms with van der Waals surface area (Å²) < 4.78 is 32.2. The fourth-order valence-electron chi connectivity index (χ4n) is 3.45. The van der Waals surface area contributed by atoms with Crippen LogP contribution in [0, 0.1) is 0 Å². The molecule has 1 amide bonds. The van der Waals surface area contributed by atoms with Gasteiger partial charge in [-0.15, -0.1) is 0 Å². The molecule has 0 unspecified atom stereocenters. The van der Waals surface area contributed by atoms with Gasteiger partial charge in [0.1, 0.15) is 11.8 Å². The van der Waals surface area contributed by atoms with Crippen LogP contribution in [0.1, 0.15) is 37.5 Å². The molecule has 0 fully saturated rings. The summed E-state index contributed by atoms with van der Waals surface area (Å²) in [5.74, 6) is 0.467. The lowest BCUT2D eigenvalue weighted by Gasteiger charge is -2.34. The van der Waals surface area contributed by atoms with E-state index >= 15 is 0 Å². The van der Waals surface area contributed by atoms with Gasteiger partial charge in [-0.2, -0.15) is 4.31 Å². The molecule has 2 aromatic carbocycles. The minimum Gasteiger partial charge on any atom is -0.491 e. The number of carbonyl (C=O) groups excluding carboxylic acids is 1. The zero-order valence-electron chi connectivity index (χ0n) is 17.1. The third-order valence-electron chi connectivity index (χ3n) is 4.99. The first-order valence-electron chi connectivity index (χ1n) is 9.89. The van der Waals surface area contributed by atoms with Gasteiger partial charge in [0.2, 0.25) is 15.9 Å². The van der Waals surface area contributed by atoms with Gasteiger partial charge in [0.25, 0.3) is 0 Å². The Morgan fingerprint density at radius 1 is 1.14 bits per heavy atom. The summed E-state index contributed by atoms with van der Waals surface area (Å²) in [7, 11) is -3.50. The highest BCUT2D eigenvalue weighted by molar-refractivity contribution is 7.89. The number of sulfonamides is 1. The van der Waals surface area contributed by atoms with Crippen molar-refractivity contribution in [3.63, 3.8) is 0 Å². The third kappa shape index (κ3) is 5.16. The van der Waals surface area contributed by atoms with E-state index in [4.69, 9.17) is 4.74 Å². The zero-order chi connectivity index (χ0) is 21.0. The Morgan fingerprint density at radius 3 is 2.41 bits per heavy atom. The SMILES string of the molecule is CCS(=O)(=O)N1Cc2ccccc2C[C@@H]1C(=O)NCc1ccc(OC(C)C)cc1. The van der Waals surface area contributed by atoms with E-state index in [0.717, 1.165) is 22.4 Å². The summed E-state index contributed by atoms with van der Waals surface area (Å²) >= 11 is 0. The van der Waals surface area contributed by atoms with Crippen molar-refractivity contribution in [2.45, 2.75) is 52.4 Å². The molecule has 1 N–H and O–H groups in total. The molecule has 1 aliphatic heterocycles. The highest BCUT2D eigenvalue weighted by Gasteiger charge is 2.37. The highest BCUT2D eigenvalue weighted by Crippen LogP contribution is 2.26. The lowest BCUT2D eigenvalue weighted by atomic mass is 9.95. The first-order chi connectivity index (χ1) is 13.8. The lowest BCUT2D eigenvalue weighted by Crippen LogP contribution is -2.52. The van der Waals surface area contributed by atoms with Gasteiger partial charge < -0.3 is 10.1 Å². The molecule has 1 heterocycles. The molecule has 0 bridgehead atoms. The van der Waals surface area contributed by atoms with Crippen molar-refractivity contribution in [3.05, 3.63) is 65.2 Å². The molecule has 7 heteroatoms. The van der Waals surface area contributed by atoms with E-state index < -0.39 is 16.1 Å². The summed E-state index contributed by atoms with van der Waals surface area (Å²) in [4.78, 5) is 12.9. The molecule has 0 saturated carbocycles. The second kappa shape index (κ2) is 8.97. The Bertz CT molecular complexity index is 955. The minimum absolute atomic E-state index is 0.0315. The number of carbonyl (C=O) groups is 1. The Kier molecular flexibility index (Phi) is 6.59. The molecule has 156 valence electrons. The first kappa shape index (κ1) is 21.3. The van der Waals surface area contributed by atoms with E-state index in [1.807, 2.05) is 62.4 Å². The molecule has 2 aromatic rings. The zero-order valence-corrected chi connectivity index (χ0v) is 17.9. The maximum absolute atomic E-state index is 12.9. The van der Waals surface area contributed by atoms with Crippen molar-refractivity contribution in [1.82, 2.24) is 9.62 Å². The number of nitrogens with zero attached hydrogens (tertiary/aromatic N) is 1. The van der Waals surface area contributed by atoms with Gasteiger partial charge >= 0.3 is 0 Å². The number of rotatable bonds is 7. The second-order valence-corrected chi connectivity index (χ2v) is 9.67. The molecule has 3 rings (SSSR count). The number of benzene rings is 2. The predicted octanol–water partition coefficient (Wildman–Crippen LogP) is 2.87. The van der Waals surface area contributed by atoms with Crippen molar-refractivity contribution in [2.75, 3.05) is 5.75 Å². The maximum Gasteiger partial charge on any atom is 0.239 e. The average molecular weight is 417 g/mol. The molecule has 6 nitrogen and oxygen atoms in total. The second-order valence-electron chi connectivity index (χ2n) is 7.46. The first-order valence-corrected chi connectivity index (χ1v) is 11.5. The van der Waals surface area contributed by atoms with E-state index in [2.05, 4.69) is 5.32 Å². The van der Waals surface area contributed by atoms with Crippen LogP contribution in [0.3, 0.4) is 0 Å². The third-order valence-corrected chi connectivity index (χ3v) is 6.82. The van der Waals surface area contributed by atoms with Gasteiger partial charge in [-0.05, 0) is 56.0 Å². The Balaban J connectivity index is 1.72. The summed E-state index contributed by atoms with van der Waals surface area (Å²) in [6.45, 7) is 6.09. The van der Waals surface area contributed by atoms with E-state index in [9.17, 15) is 13.2 Å². The number of ether oxygens (including phenoxy) is 1. The largest absolute Gasteiger partial charge is 0.491 e. The lowest BCUT2D eigenvalue weighted by molar-refractivity contribution is -0.125. The van der Waals surface area contributed by atoms with Crippen LogP contribution in [0.2, 0.25) is 0 Å². The quantitative estimate of drug-likeness (QED) is 0.753. The van der Waals surface area contributed by atoms with Crippen molar-refractivity contribution in [1.29, 1.82) is 0 Å². The van der Waals surface area contributed by atoms with Gasteiger partial charge in [0.05, 0.1) is 11.9 Å². The van der Waals surface area contributed by atoms with E-state index in [0.29, 0.717) is 13.0 Å². The van der Waals surface area contributed by atoms with Crippen molar-refractivity contribution < 1.29 is 17.9 Å². The van der Waals surface area contributed by atoms with Crippen LogP contribution in [-0.4, -0.2) is 36.5 Å². The van der Waals surface area contributed by atoms with E-state index in [1.54, 1.807) is 6.92 Å². The molecule has 1 atom stereocenters. The van der Waals surface area contributed by atoms with Crippen molar-refractivity contribution in [3.8, 4) is 5.75 Å². The number of hydrogen-bond donors (Lipinski definition) is 1. The van der Waals surface area contributed by atoms with Crippen LogP contribution in [-0.2, 0) is 34.3 Å². The Hall–Kier alpha value is -2.38.